The van der Waals surface area contributed by atoms with E-state index in [4.69, 9.17) is 33.2 Å². The molecule has 0 amide bonds. The Kier molecular flexibility index (Phi) is 12.0. The van der Waals surface area contributed by atoms with Crippen LogP contribution in [-0.4, -0.2) is 121 Å². The Balaban J connectivity index is 1.19. The number of carbonyl (C=O) groups is 2. The summed E-state index contributed by atoms with van der Waals surface area (Å²) >= 11 is 0. The molecule has 2 aromatic carbocycles. The van der Waals surface area contributed by atoms with E-state index in [1.165, 1.54) is 39.7 Å². The van der Waals surface area contributed by atoms with Gasteiger partial charge in [0, 0.05) is 53.2 Å². The average Bonchev–Trinajstić information content (AvgIpc) is 3.54. The lowest BCUT2D eigenvalue weighted by Crippen LogP contribution is -2.60. The van der Waals surface area contributed by atoms with Crippen molar-refractivity contribution in [2.75, 3.05) is 41.5 Å². The van der Waals surface area contributed by atoms with E-state index in [-0.39, 0.29) is 17.4 Å². The average molecular weight is 751 g/mol. The van der Waals surface area contributed by atoms with Crippen molar-refractivity contribution in [3.63, 3.8) is 0 Å². The Labute approximate surface area is 311 Å². The number of aromatic amines is 1. The van der Waals surface area contributed by atoms with Crippen LogP contribution >= 0.6 is 0 Å². The van der Waals surface area contributed by atoms with Crippen LogP contribution in [0, 0.1) is 11.8 Å². The number of hydrogen-bond donors (Lipinski definition) is 5. The molecule has 54 heavy (non-hydrogen) atoms. The van der Waals surface area contributed by atoms with Crippen molar-refractivity contribution in [3.8, 4) is 17.2 Å². The van der Waals surface area contributed by atoms with Crippen LogP contribution in [0.2, 0.25) is 0 Å². The quantitative estimate of drug-likeness (QED) is 0.103. The Bertz CT molecular complexity index is 1910. The molecule has 0 aliphatic carbocycles. The van der Waals surface area contributed by atoms with Crippen molar-refractivity contribution in [1.82, 2.24) is 9.88 Å². The Hall–Kier alpha value is -4.90. The number of methoxy groups -OCH3 is 3. The molecule has 9 atom stereocenters. The van der Waals surface area contributed by atoms with E-state index in [9.17, 15) is 30.0 Å². The molecule has 3 aliphatic rings. The summed E-state index contributed by atoms with van der Waals surface area (Å²) in [6, 6.07) is 8.18. The molecule has 4 heterocycles. The molecule has 290 valence electrons. The molecule has 15 nitrogen and oxygen atoms in total. The van der Waals surface area contributed by atoms with Crippen molar-refractivity contribution in [2.45, 2.75) is 55.9 Å². The van der Waals surface area contributed by atoms with Gasteiger partial charge >= 0.3 is 11.9 Å². The summed E-state index contributed by atoms with van der Waals surface area (Å²) < 4.78 is 38.8. The standard InChI is InChI=1S/C39H46N2O13/c1-6-22-23(16-26-33-27(42)10-9-25-32(33)21(17-40-25)13-14-41(26)2)24(37(47)50-5)18-52-38(22)54-39-36(46)35(45)34(44)30(53-39)19-51-31(43)12-8-20-7-11-28(48-3)29(15-20)49-4/h6-12,15,17-18,22-23,26,30,34-36,38-40,42,44-46H,1,13-14,16,19H2,2-5H3/b12-8+/t22-,23+,26+,30-,34-,35+,36-,38+,39+/m1/s1. The van der Waals surface area contributed by atoms with E-state index in [1.54, 1.807) is 30.3 Å². The molecule has 5 N–H and O–H groups in total. The van der Waals surface area contributed by atoms with Crippen LogP contribution in [0.15, 0.2) is 67.1 Å². The Morgan fingerprint density at radius 3 is 2.54 bits per heavy atom. The first-order valence-corrected chi connectivity index (χ1v) is 17.5. The van der Waals surface area contributed by atoms with Gasteiger partial charge in [-0.1, -0.05) is 12.1 Å². The van der Waals surface area contributed by atoms with Gasteiger partial charge in [0.25, 0.3) is 0 Å². The summed E-state index contributed by atoms with van der Waals surface area (Å²) in [5.41, 5.74) is 3.52. The number of aromatic hydroxyl groups is 1. The molecule has 3 aliphatic heterocycles. The number of phenolic OH excluding ortho intramolecular Hbond substituents is 1. The van der Waals surface area contributed by atoms with E-state index in [2.05, 4.69) is 16.5 Å². The molecule has 0 saturated carbocycles. The normalized spacial score (nSPS) is 28.5. The third-order valence-corrected chi connectivity index (χ3v) is 10.4. The zero-order chi connectivity index (χ0) is 38.7. The number of rotatable bonds is 12. The number of hydrogen-bond acceptors (Lipinski definition) is 14. The van der Waals surface area contributed by atoms with E-state index < -0.39 is 67.4 Å². The van der Waals surface area contributed by atoms with Gasteiger partial charge in [-0.2, -0.15) is 0 Å². The third-order valence-electron chi connectivity index (χ3n) is 10.4. The highest BCUT2D eigenvalue weighted by molar-refractivity contribution is 5.90. The van der Waals surface area contributed by atoms with E-state index in [1.807, 2.05) is 19.3 Å². The summed E-state index contributed by atoms with van der Waals surface area (Å²) in [5.74, 6) is -1.63. The number of nitrogens with one attached hydrogen (secondary N) is 1. The summed E-state index contributed by atoms with van der Waals surface area (Å²) in [7, 11) is 6.22. The second kappa shape index (κ2) is 16.6. The molecule has 0 spiro atoms. The number of esters is 2. The van der Waals surface area contributed by atoms with Crippen LogP contribution in [0.3, 0.4) is 0 Å². The fourth-order valence-electron chi connectivity index (χ4n) is 7.40. The predicted molar refractivity (Wildman–Crippen MR) is 193 cm³/mol. The van der Waals surface area contributed by atoms with Gasteiger partial charge in [-0.05, 0) is 61.4 Å². The van der Waals surface area contributed by atoms with Crippen molar-refractivity contribution in [3.05, 3.63) is 83.8 Å². The van der Waals surface area contributed by atoms with E-state index in [0.717, 1.165) is 28.5 Å². The molecular weight excluding hydrogens is 704 g/mol. The SMILES string of the molecule is C=C[C@H]1[C@H](O[C@@H]2O[C@H](COC(=O)/C=C/c3ccc(OC)c(OC)c3)[C@@H](O)[C@H](O)[C@H]2O)OC=C(C(=O)OC)[C@H]1C[C@H]1c2c(O)ccc3[nH]cc(c23)CCN1C. The van der Waals surface area contributed by atoms with Crippen LogP contribution in [0.5, 0.6) is 17.2 Å². The number of H-pyrrole nitrogens is 1. The summed E-state index contributed by atoms with van der Waals surface area (Å²) in [4.78, 5) is 31.2. The smallest absolute Gasteiger partial charge is 0.337 e. The molecule has 1 aromatic heterocycles. The van der Waals surface area contributed by atoms with Gasteiger partial charge in [0.2, 0.25) is 6.29 Å². The maximum atomic E-state index is 13.1. The van der Waals surface area contributed by atoms with Crippen molar-refractivity contribution in [2.24, 2.45) is 11.8 Å². The van der Waals surface area contributed by atoms with Crippen LogP contribution in [-0.2, 0) is 39.7 Å². The second-order valence-corrected chi connectivity index (χ2v) is 13.4. The van der Waals surface area contributed by atoms with Gasteiger partial charge in [0.15, 0.2) is 17.8 Å². The molecule has 1 saturated heterocycles. The van der Waals surface area contributed by atoms with Crippen molar-refractivity contribution >= 4 is 28.9 Å². The van der Waals surface area contributed by atoms with Crippen LogP contribution in [0.4, 0.5) is 0 Å². The first-order valence-electron chi connectivity index (χ1n) is 17.5. The predicted octanol–water partition coefficient (Wildman–Crippen LogP) is 2.72. The maximum Gasteiger partial charge on any atom is 0.337 e. The summed E-state index contributed by atoms with van der Waals surface area (Å²) in [6.45, 7) is 4.18. The molecule has 0 radical (unpaired) electrons. The highest BCUT2D eigenvalue weighted by Gasteiger charge is 2.48. The summed E-state index contributed by atoms with van der Waals surface area (Å²) in [5, 5.41) is 44.6. The minimum atomic E-state index is -1.74. The van der Waals surface area contributed by atoms with Crippen LogP contribution in [0.25, 0.3) is 17.0 Å². The number of benzene rings is 2. The minimum Gasteiger partial charge on any atom is -0.508 e. The molecule has 15 heteroatoms. The van der Waals surface area contributed by atoms with Crippen LogP contribution < -0.4 is 9.47 Å². The lowest BCUT2D eigenvalue weighted by atomic mass is 9.77. The lowest BCUT2D eigenvalue weighted by molar-refractivity contribution is -0.339. The van der Waals surface area contributed by atoms with Crippen molar-refractivity contribution in [1.29, 1.82) is 0 Å². The topological polar surface area (TPSA) is 199 Å². The molecular formula is C39H46N2O13. The number of likely N-dealkylation sites (N-methyl/N-ethyl adjacent to an activating group) is 1. The number of aliphatic hydroxyl groups excluding tert-OH is 3. The molecule has 3 aromatic rings. The Morgan fingerprint density at radius 1 is 1.04 bits per heavy atom. The zero-order valence-electron chi connectivity index (χ0n) is 30.4. The molecule has 0 bridgehead atoms. The third kappa shape index (κ3) is 7.69. The number of aromatic nitrogens is 1. The first-order chi connectivity index (χ1) is 26.0. The minimum absolute atomic E-state index is 0.121. The molecule has 6 rings (SSSR count). The van der Waals surface area contributed by atoms with Gasteiger partial charge in [-0.25, -0.2) is 9.59 Å². The molecule has 0 unspecified atom stereocenters. The first kappa shape index (κ1) is 38.8. The number of aliphatic hydroxyl groups is 3. The van der Waals surface area contributed by atoms with Gasteiger partial charge in [-0.15, -0.1) is 6.58 Å². The highest BCUT2D eigenvalue weighted by Crippen LogP contribution is 2.46. The largest absolute Gasteiger partial charge is 0.508 e. The number of nitrogens with zero attached hydrogens (tertiary/aromatic N) is 1. The Morgan fingerprint density at radius 2 is 1.81 bits per heavy atom. The second-order valence-electron chi connectivity index (χ2n) is 13.4. The molecule has 1 fully saturated rings. The van der Waals surface area contributed by atoms with Gasteiger partial charge < -0.3 is 58.6 Å². The fourth-order valence-corrected chi connectivity index (χ4v) is 7.40. The fraction of sp³-hybridized carbons (Fsp3) is 0.436. The lowest BCUT2D eigenvalue weighted by Gasteiger charge is -2.43. The van der Waals surface area contributed by atoms with E-state index in [0.29, 0.717) is 30.0 Å². The van der Waals surface area contributed by atoms with Gasteiger partial charge in [0.1, 0.15) is 36.8 Å². The number of ether oxygens (including phenoxy) is 7. The van der Waals surface area contributed by atoms with Crippen molar-refractivity contribution < 1.29 is 63.2 Å². The maximum absolute atomic E-state index is 13.1. The number of phenols is 1. The monoisotopic (exact) mass is 750 g/mol. The van der Waals surface area contributed by atoms with Crippen LogP contribution in [0.1, 0.15) is 29.2 Å². The summed E-state index contributed by atoms with van der Waals surface area (Å²) in [6.07, 6.45) is -0.690. The van der Waals surface area contributed by atoms with Gasteiger partial charge in [0.05, 0.1) is 33.2 Å². The van der Waals surface area contributed by atoms with Gasteiger partial charge in [-0.3, -0.25) is 4.90 Å². The highest BCUT2D eigenvalue weighted by atomic mass is 16.8. The van der Waals surface area contributed by atoms with E-state index >= 15 is 0 Å². The number of carbonyl (C=O) groups excluding carboxylic acids is 2. The zero-order valence-corrected chi connectivity index (χ0v) is 30.4.